The van der Waals surface area contributed by atoms with Gasteiger partial charge in [0.05, 0.1) is 18.1 Å². The van der Waals surface area contributed by atoms with Crippen molar-refractivity contribution in [3.8, 4) is 0 Å². The first-order valence-electron chi connectivity index (χ1n) is 6.32. The Morgan fingerprint density at radius 3 is 2.80 bits per heavy atom. The summed E-state index contributed by atoms with van der Waals surface area (Å²) in [6.07, 6.45) is 0. The number of nitrogens with zero attached hydrogens (tertiary/aromatic N) is 1. The fourth-order valence-electron chi connectivity index (χ4n) is 2.25. The second kappa shape index (κ2) is 6.32. The van der Waals surface area contributed by atoms with E-state index < -0.39 is 10.0 Å². The lowest BCUT2D eigenvalue weighted by atomic mass is 10.2. The molecule has 1 aromatic carbocycles. The topological polar surface area (TPSA) is 46.6 Å². The zero-order chi connectivity index (χ0) is 14.9. The van der Waals surface area contributed by atoms with Gasteiger partial charge >= 0.3 is 0 Å². The summed E-state index contributed by atoms with van der Waals surface area (Å²) in [6.45, 7) is 4.88. The molecule has 1 aromatic rings. The minimum absolute atomic E-state index is 0.161. The minimum atomic E-state index is -3.53. The molecule has 1 saturated heterocycles. The van der Waals surface area contributed by atoms with Gasteiger partial charge in [0, 0.05) is 22.9 Å². The number of morpholine rings is 1. The van der Waals surface area contributed by atoms with Crippen LogP contribution in [0.5, 0.6) is 0 Å². The quantitative estimate of drug-likeness (QED) is 0.755. The van der Waals surface area contributed by atoms with Crippen molar-refractivity contribution in [2.24, 2.45) is 0 Å². The first-order chi connectivity index (χ1) is 9.37. The number of benzene rings is 1. The third kappa shape index (κ3) is 3.04. The maximum Gasteiger partial charge on any atom is 0.243 e. The van der Waals surface area contributed by atoms with Gasteiger partial charge in [0.2, 0.25) is 10.0 Å². The average molecular weight is 383 g/mol. The normalized spacial score (nSPS) is 21.1. The summed E-state index contributed by atoms with van der Waals surface area (Å²) in [5.74, 6) is 0.278. The lowest BCUT2D eigenvalue weighted by molar-refractivity contribution is 0.0392. The van der Waals surface area contributed by atoms with Crippen LogP contribution < -0.4 is 0 Å². The number of sulfonamides is 1. The number of rotatable bonds is 3. The fourth-order valence-corrected chi connectivity index (χ4v) is 4.94. The summed E-state index contributed by atoms with van der Waals surface area (Å²) in [5, 5.41) is 0. The van der Waals surface area contributed by atoms with E-state index in [0.29, 0.717) is 30.2 Å². The molecule has 7 heteroatoms. The zero-order valence-corrected chi connectivity index (χ0v) is 14.6. The molecule has 1 fully saturated rings. The van der Waals surface area contributed by atoms with Gasteiger partial charge in [0.15, 0.2) is 0 Å². The Labute approximate surface area is 133 Å². The van der Waals surface area contributed by atoms with E-state index in [-0.39, 0.29) is 11.9 Å². The van der Waals surface area contributed by atoms with Crippen LogP contribution in [0.25, 0.3) is 0 Å². The standard InChI is InChI=1S/C13H17BrClNO3S/c1-9-8-19-4-3-16(9)20(17,18)13-6-11(7-15)5-12(14)10(13)2/h5-6,9H,3-4,7-8H2,1-2H3. The van der Waals surface area contributed by atoms with Crippen molar-refractivity contribution in [3.63, 3.8) is 0 Å². The average Bonchev–Trinajstić information content (AvgIpc) is 2.41. The number of ether oxygens (including phenoxy) is 1. The van der Waals surface area contributed by atoms with Crippen LogP contribution in [0, 0.1) is 6.92 Å². The van der Waals surface area contributed by atoms with Crippen molar-refractivity contribution in [3.05, 3.63) is 27.7 Å². The molecular formula is C13H17BrClNO3S. The molecule has 0 aromatic heterocycles. The van der Waals surface area contributed by atoms with E-state index in [9.17, 15) is 8.42 Å². The second-order valence-electron chi connectivity index (χ2n) is 4.87. The lowest BCUT2D eigenvalue weighted by Gasteiger charge is -2.32. The van der Waals surface area contributed by atoms with Crippen LogP contribution >= 0.6 is 27.5 Å². The molecule has 0 N–H and O–H groups in total. The first-order valence-corrected chi connectivity index (χ1v) is 9.09. The van der Waals surface area contributed by atoms with Gasteiger partial charge in [-0.3, -0.25) is 0 Å². The third-order valence-corrected chi connectivity index (χ3v) is 6.68. The molecule has 0 amide bonds. The molecule has 1 heterocycles. The highest BCUT2D eigenvalue weighted by Gasteiger charge is 2.33. The highest BCUT2D eigenvalue weighted by atomic mass is 79.9. The van der Waals surface area contributed by atoms with Gasteiger partial charge < -0.3 is 4.74 Å². The molecule has 1 aliphatic heterocycles. The highest BCUT2D eigenvalue weighted by molar-refractivity contribution is 9.10. The number of hydrogen-bond acceptors (Lipinski definition) is 3. The summed E-state index contributed by atoms with van der Waals surface area (Å²) >= 11 is 9.24. The number of halogens is 2. The summed E-state index contributed by atoms with van der Waals surface area (Å²) in [4.78, 5) is 0.316. The van der Waals surface area contributed by atoms with E-state index in [1.54, 1.807) is 13.0 Å². The van der Waals surface area contributed by atoms with E-state index in [1.807, 2.05) is 13.0 Å². The molecule has 0 saturated carbocycles. The van der Waals surface area contributed by atoms with Crippen LogP contribution in [0.4, 0.5) is 0 Å². The smallest absolute Gasteiger partial charge is 0.243 e. The van der Waals surface area contributed by atoms with Crippen molar-refractivity contribution in [2.45, 2.75) is 30.7 Å². The predicted octanol–water partition coefficient (Wildman–Crippen LogP) is 2.91. The Morgan fingerprint density at radius 2 is 2.20 bits per heavy atom. The van der Waals surface area contributed by atoms with Crippen LogP contribution in [0.1, 0.15) is 18.1 Å². The van der Waals surface area contributed by atoms with Gasteiger partial charge in [-0.15, -0.1) is 11.6 Å². The van der Waals surface area contributed by atoms with E-state index in [2.05, 4.69) is 15.9 Å². The summed E-state index contributed by atoms with van der Waals surface area (Å²) in [6, 6.07) is 3.35. The maximum atomic E-state index is 12.8. The van der Waals surface area contributed by atoms with Crippen LogP contribution in [-0.2, 0) is 20.6 Å². The highest BCUT2D eigenvalue weighted by Crippen LogP contribution is 2.30. The monoisotopic (exact) mass is 381 g/mol. The van der Waals surface area contributed by atoms with Gasteiger partial charge in [0.25, 0.3) is 0 Å². The van der Waals surface area contributed by atoms with Crippen molar-refractivity contribution < 1.29 is 13.2 Å². The van der Waals surface area contributed by atoms with Gasteiger partial charge in [0.1, 0.15) is 0 Å². The molecule has 112 valence electrons. The Hall–Kier alpha value is -0.140. The number of hydrogen-bond donors (Lipinski definition) is 0. The Bertz CT molecular complexity index is 606. The van der Waals surface area contributed by atoms with E-state index in [4.69, 9.17) is 16.3 Å². The molecule has 1 unspecified atom stereocenters. The van der Waals surface area contributed by atoms with Crippen LogP contribution in [0.3, 0.4) is 0 Å². The van der Waals surface area contributed by atoms with Crippen LogP contribution in [0.15, 0.2) is 21.5 Å². The van der Waals surface area contributed by atoms with Crippen molar-refractivity contribution in [1.82, 2.24) is 4.31 Å². The SMILES string of the molecule is Cc1c(Br)cc(CCl)cc1S(=O)(=O)N1CCOCC1C. The van der Waals surface area contributed by atoms with E-state index in [0.717, 1.165) is 10.0 Å². The van der Waals surface area contributed by atoms with Gasteiger partial charge in [-0.1, -0.05) is 15.9 Å². The van der Waals surface area contributed by atoms with Crippen LogP contribution in [0.2, 0.25) is 0 Å². The van der Waals surface area contributed by atoms with Gasteiger partial charge in [-0.2, -0.15) is 4.31 Å². The van der Waals surface area contributed by atoms with Gasteiger partial charge in [-0.05, 0) is 37.1 Å². The zero-order valence-electron chi connectivity index (χ0n) is 11.4. The molecule has 2 rings (SSSR count). The molecular weight excluding hydrogens is 366 g/mol. The molecule has 0 aliphatic carbocycles. The first kappa shape index (κ1) is 16.2. The van der Waals surface area contributed by atoms with Gasteiger partial charge in [-0.25, -0.2) is 8.42 Å². The second-order valence-corrected chi connectivity index (χ2v) is 7.85. The van der Waals surface area contributed by atoms with Crippen LogP contribution in [-0.4, -0.2) is 38.5 Å². The Balaban J connectivity index is 2.51. The predicted molar refractivity (Wildman–Crippen MR) is 82.6 cm³/mol. The van der Waals surface area contributed by atoms with Crippen molar-refractivity contribution in [2.75, 3.05) is 19.8 Å². The molecule has 0 bridgehead atoms. The molecule has 0 spiro atoms. The third-order valence-electron chi connectivity index (χ3n) is 3.40. The minimum Gasteiger partial charge on any atom is -0.378 e. The van der Waals surface area contributed by atoms with E-state index in [1.165, 1.54) is 4.31 Å². The molecule has 1 atom stereocenters. The summed E-state index contributed by atoms with van der Waals surface area (Å²) < 4.78 is 33.3. The molecule has 4 nitrogen and oxygen atoms in total. The largest absolute Gasteiger partial charge is 0.378 e. The van der Waals surface area contributed by atoms with Crippen molar-refractivity contribution >= 4 is 37.6 Å². The Morgan fingerprint density at radius 1 is 1.50 bits per heavy atom. The molecule has 1 aliphatic rings. The summed E-state index contributed by atoms with van der Waals surface area (Å²) in [5.41, 5.74) is 1.49. The molecule has 20 heavy (non-hydrogen) atoms. The lowest BCUT2D eigenvalue weighted by Crippen LogP contribution is -2.47. The summed E-state index contributed by atoms with van der Waals surface area (Å²) in [7, 11) is -3.53. The van der Waals surface area contributed by atoms with Crippen molar-refractivity contribution in [1.29, 1.82) is 0 Å². The fraction of sp³-hybridized carbons (Fsp3) is 0.538. The number of alkyl halides is 1. The molecule has 0 radical (unpaired) electrons. The Kier molecular flexibility index (Phi) is 5.13. The maximum absolute atomic E-state index is 12.8. The van der Waals surface area contributed by atoms with E-state index >= 15 is 0 Å².